The van der Waals surface area contributed by atoms with Crippen LogP contribution in [-0.2, 0) is 0 Å². The summed E-state index contributed by atoms with van der Waals surface area (Å²) in [5.74, 6) is -0.973. The molecule has 0 atom stereocenters. The van der Waals surface area contributed by atoms with E-state index in [-0.39, 0.29) is 5.75 Å². The Hall–Kier alpha value is -1.81. The maximum atomic E-state index is 10.9. The van der Waals surface area contributed by atoms with Gasteiger partial charge in [-0.2, -0.15) is 0 Å². The molecule has 2 rings (SSSR count). The first kappa shape index (κ1) is 9.73. The van der Waals surface area contributed by atoms with Gasteiger partial charge in [-0.25, -0.2) is 4.79 Å². The fourth-order valence-electron chi connectivity index (χ4n) is 1.25. The van der Waals surface area contributed by atoms with Gasteiger partial charge in [0.25, 0.3) is 0 Å². The molecule has 0 fully saturated rings. The number of carboxylic acids is 1. The quantitative estimate of drug-likeness (QED) is 0.842. The van der Waals surface area contributed by atoms with Crippen LogP contribution in [0.25, 0.3) is 11.1 Å². The van der Waals surface area contributed by atoms with E-state index in [1.807, 2.05) is 0 Å². The molecule has 0 aliphatic heterocycles. The van der Waals surface area contributed by atoms with E-state index in [1.165, 1.54) is 23.5 Å². The monoisotopic (exact) mass is 219 g/mol. The number of aromatic carboxylic acids is 1. The Morgan fingerprint density at radius 2 is 1.87 bits per heavy atom. The molecule has 0 amide bonds. The number of thiophene rings is 1. The van der Waals surface area contributed by atoms with Gasteiger partial charge in [0, 0.05) is 0 Å². The number of rotatable bonds is 2. The molecular formula is C11H7O3S-. The van der Waals surface area contributed by atoms with Gasteiger partial charge in [-0.1, -0.05) is 24.3 Å². The van der Waals surface area contributed by atoms with Crippen molar-refractivity contribution in [2.75, 3.05) is 0 Å². The fraction of sp³-hybridized carbons (Fsp3) is 0. The first-order valence-electron chi connectivity index (χ1n) is 4.26. The Morgan fingerprint density at radius 1 is 1.20 bits per heavy atom. The number of carbonyl (C=O) groups is 1. The summed E-state index contributed by atoms with van der Waals surface area (Å²) in [6.07, 6.45) is 0. The zero-order valence-electron chi connectivity index (χ0n) is 7.64. The van der Waals surface area contributed by atoms with Crippen LogP contribution in [0.15, 0.2) is 35.7 Å². The van der Waals surface area contributed by atoms with Gasteiger partial charge in [0.05, 0.1) is 0 Å². The minimum Gasteiger partial charge on any atom is -0.872 e. The predicted octanol–water partition coefficient (Wildman–Crippen LogP) is 2.19. The molecule has 15 heavy (non-hydrogen) atoms. The van der Waals surface area contributed by atoms with E-state index in [0.29, 0.717) is 4.88 Å². The summed E-state index contributed by atoms with van der Waals surface area (Å²) in [5, 5.41) is 21.4. The zero-order chi connectivity index (χ0) is 10.8. The smallest absolute Gasteiger partial charge is 0.345 e. The molecule has 0 aliphatic rings. The van der Waals surface area contributed by atoms with Crippen LogP contribution in [-0.4, -0.2) is 11.1 Å². The lowest BCUT2D eigenvalue weighted by molar-refractivity contribution is -0.268. The van der Waals surface area contributed by atoms with Crippen LogP contribution in [0.2, 0.25) is 0 Å². The summed E-state index contributed by atoms with van der Waals surface area (Å²) >= 11 is 1.18. The van der Waals surface area contributed by atoms with Crippen LogP contribution in [0, 0.1) is 0 Å². The normalized spacial score (nSPS) is 10.1. The molecule has 1 heterocycles. The Morgan fingerprint density at radius 3 is 2.40 bits per heavy atom. The van der Waals surface area contributed by atoms with Crippen LogP contribution in [0.1, 0.15) is 9.67 Å². The second kappa shape index (κ2) is 3.74. The lowest BCUT2D eigenvalue weighted by Crippen LogP contribution is -1.90. The van der Waals surface area contributed by atoms with Crippen molar-refractivity contribution < 1.29 is 15.0 Å². The Balaban J connectivity index is 2.37. The van der Waals surface area contributed by atoms with Gasteiger partial charge in [-0.05, 0) is 22.6 Å². The molecule has 2 aromatic rings. The van der Waals surface area contributed by atoms with Crippen LogP contribution < -0.4 is 5.11 Å². The van der Waals surface area contributed by atoms with Crippen molar-refractivity contribution in [3.63, 3.8) is 0 Å². The van der Waals surface area contributed by atoms with E-state index in [0.717, 1.165) is 11.1 Å². The highest BCUT2D eigenvalue weighted by molar-refractivity contribution is 7.12. The number of hydrogen-bond acceptors (Lipinski definition) is 3. The molecule has 76 valence electrons. The summed E-state index contributed by atoms with van der Waals surface area (Å²) in [6, 6.07) is 7.92. The van der Waals surface area contributed by atoms with Gasteiger partial charge in [0.2, 0.25) is 0 Å². The Bertz CT molecular complexity index is 485. The van der Waals surface area contributed by atoms with Crippen molar-refractivity contribution in [2.24, 2.45) is 0 Å². The highest BCUT2D eigenvalue weighted by Gasteiger charge is 2.07. The summed E-state index contributed by atoms with van der Waals surface area (Å²) < 4.78 is 0. The minimum atomic E-state index is -0.924. The minimum absolute atomic E-state index is 0.0487. The number of benzene rings is 1. The SMILES string of the molecule is O=C(O)c1cc(-c2ccc([O-])cc2)cs1. The third kappa shape index (κ3) is 1.99. The van der Waals surface area contributed by atoms with Crippen molar-refractivity contribution in [2.45, 2.75) is 0 Å². The summed E-state index contributed by atoms with van der Waals surface area (Å²) in [6.45, 7) is 0. The van der Waals surface area contributed by atoms with E-state index in [2.05, 4.69) is 0 Å². The van der Waals surface area contributed by atoms with Crippen LogP contribution in [0.4, 0.5) is 0 Å². The first-order chi connectivity index (χ1) is 7.16. The topological polar surface area (TPSA) is 60.4 Å². The molecule has 0 bridgehead atoms. The zero-order valence-corrected chi connectivity index (χ0v) is 8.45. The molecule has 3 nitrogen and oxygen atoms in total. The third-order valence-corrected chi connectivity index (χ3v) is 2.92. The van der Waals surface area contributed by atoms with Crippen molar-refractivity contribution >= 4 is 17.3 Å². The molecule has 1 aromatic carbocycles. The number of carboxylic acid groups (broad SMARTS) is 1. The molecule has 0 saturated carbocycles. The first-order valence-corrected chi connectivity index (χ1v) is 5.14. The second-order valence-corrected chi connectivity index (χ2v) is 3.94. The van der Waals surface area contributed by atoms with Crippen molar-refractivity contribution in [3.8, 4) is 16.9 Å². The molecule has 0 unspecified atom stereocenters. The van der Waals surface area contributed by atoms with Gasteiger partial charge in [0.1, 0.15) is 4.88 Å². The van der Waals surface area contributed by atoms with E-state index < -0.39 is 5.97 Å². The lowest BCUT2D eigenvalue weighted by Gasteiger charge is -2.04. The average molecular weight is 219 g/mol. The lowest BCUT2D eigenvalue weighted by atomic mass is 10.1. The molecule has 0 radical (unpaired) electrons. The molecular weight excluding hydrogens is 212 g/mol. The number of hydrogen-bond donors (Lipinski definition) is 1. The summed E-state index contributed by atoms with van der Waals surface area (Å²) in [4.78, 5) is 11.0. The van der Waals surface area contributed by atoms with Crippen LogP contribution in [0.3, 0.4) is 0 Å². The standard InChI is InChI=1S/C11H8O3S/c12-9-3-1-7(2-4-9)8-5-10(11(13)14)15-6-8/h1-6,12H,(H,13,14)/p-1. The third-order valence-electron chi connectivity index (χ3n) is 2.00. The van der Waals surface area contributed by atoms with E-state index in [1.54, 1.807) is 23.6 Å². The van der Waals surface area contributed by atoms with Gasteiger partial charge in [-0.15, -0.1) is 17.1 Å². The maximum absolute atomic E-state index is 10.9. The maximum Gasteiger partial charge on any atom is 0.345 e. The summed E-state index contributed by atoms with van der Waals surface area (Å²) in [5.41, 5.74) is 1.69. The molecule has 0 aliphatic carbocycles. The van der Waals surface area contributed by atoms with Crippen LogP contribution in [0.5, 0.6) is 5.75 Å². The van der Waals surface area contributed by atoms with Gasteiger partial charge >= 0.3 is 5.97 Å². The highest BCUT2D eigenvalue weighted by atomic mass is 32.1. The molecule has 0 saturated heterocycles. The second-order valence-electron chi connectivity index (χ2n) is 3.03. The fourth-order valence-corrected chi connectivity index (χ4v) is 2.00. The van der Waals surface area contributed by atoms with E-state index in [9.17, 15) is 9.90 Å². The highest BCUT2D eigenvalue weighted by Crippen LogP contribution is 2.26. The Kier molecular flexibility index (Phi) is 2.43. The van der Waals surface area contributed by atoms with Crippen LogP contribution >= 0.6 is 11.3 Å². The average Bonchev–Trinajstić information content (AvgIpc) is 2.68. The van der Waals surface area contributed by atoms with Gasteiger partial charge in [0.15, 0.2) is 0 Å². The Labute approximate surface area is 90.2 Å². The molecule has 1 aromatic heterocycles. The van der Waals surface area contributed by atoms with Gasteiger partial charge < -0.3 is 10.2 Å². The molecule has 1 N–H and O–H groups in total. The predicted molar refractivity (Wildman–Crippen MR) is 56.2 cm³/mol. The van der Waals surface area contributed by atoms with Crippen molar-refractivity contribution in [1.29, 1.82) is 0 Å². The van der Waals surface area contributed by atoms with Gasteiger partial charge in [-0.3, -0.25) is 0 Å². The summed E-state index contributed by atoms with van der Waals surface area (Å²) in [7, 11) is 0. The van der Waals surface area contributed by atoms with E-state index in [4.69, 9.17) is 5.11 Å². The van der Waals surface area contributed by atoms with Crippen molar-refractivity contribution in [1.82, 2.24) is 0 Å². The molecule has 0 spiro atoms. The largest absolute Gasteiger partial charge is 0.872 e. The van der Waals surface area contributed by atoms with E-state index >= 15 is 0 Å². The van der Waals surface area contributed by atoms with Crippen molar-refractivity contribution in [3.05, 3.63) is 40.6 Å². The molecule has 4 heteroatoms.